The van der Waals surface area contributed by atoms with Gasteiger partial charge in [0.2, 0.25) is 0 Å². The fourth-order valence-electron chi connectivity index (χ4n) is 5.44. The van der Waals surface area contributed by atoms with Crippen LogP contribution in [0.2, 0.25) is 0 Å². The van der Waals surface area contributed by atoms with Gasteiger partial charge in [0, 0.05) is 28.1 Å². The van der Waals surface area contributed by atoms with Crippen molar-refractivity contribution in [3.63, 3.8) is 0 Å². The second kappa shape index (κ2) is 6.71. The first-order valence-electron chi connectivity index (χ1n) is 11.0. The van der Waals surface area contributed by atoms with Crippen LogP contribution in [0.4, 0.5) is 0 Å². The molecule has 1 unspecified atom stereocenters. The predicted octanol–water partition coefficient (Wildman–Crippen LogP) is 6.97. The van der Waals surface area contributed by atoms with E-state index in [2.05, 4.69) is 51.1 Å². The molecule has 0 aliphatic heterocycles. The molecule has 0 saturated carbocycles. The molecule has 3 aromatic carbocycles. The summed E-state index contributed by atoms with van der Waals surface area (Å²) in [4.78, 5) is 12.6. The number of phenolic OH excluding ortho intramolecular Hbond substituents is 1. The average molecular weight is 413 g/mol. The molecule has 158 valence electrons. The zero-order valence-electron chi connectivity index (χ0n) is 18.6. The van der Waals surface area contributed by atoms with Crippen LogP contribution in [-0.2, 0) is 18.3 Å². The minimum atomic E-state index is -0.130. The number of rotatable bonds is 3. The number of aromatic hydroxyl groups is 1. The number of ketones is 1. The van der Waals surface area contributed by atoms with Gasteiger partial charge in [0.15, 0.2) is 5.78 Å². The van der Waals surface area contributed by atoms with Gasteiger partial charge in [0.1, 0.15) is 17.1 Å². The standard InChI is InChI=1S/C28H28O3/c1-17(29)23-24-21-14-15-28(4,27(2,3)18-10-6-5-7-11-18)16-22(21)31-26(24)20-13-9-8-12-19(20)25(23)30/h5-13,30H,14-16H2,1-4H3. The first kappa shape index (κ1) is 19.9. The lowest BCUT2D eigenvalue weighted by Crippen LogP contribution is -2.43. The van der Waals surface area contributed by atoms with Gasteiger partial charge in [-0.25, -0.2) is 0 Å². The van der Waals surface area contributed by atoms with Gasteiger partial charge in [-0.3, -0.25) is 4.79 Å². The van der Waals surface area contributed by atoms with Crippen LogP contribution in [0.15, 0.2) is 59.0 Å². The zero-order chi connectivity index (χ0) is 22.0. The van der Waals surface area contributed by atoms with E-state index >= 15 is 0 Å². The molecule has 0 spiro atoms. The first-order valence-corrected chi connectivity index (χ1v) is 11.0. The summed E-state index contributed by atoms with van der Waals surface area (Å²) in [6, 6.07) is 18.3. The van der Waals surface area contributed by atoms with Gasteiger partial charge >= 0.3 is 0 Å². The summed E-state index contributed by atoms with van der Waals surface area (Å²) in [5, 5.41) is 13.3. The molecule has 31 heavy (non-hydrogen) atoms. The van der Waals surface area contributed by atoms with E-state index in [-0.39, 0.29) is 22.4 Å². The van der Waals surface area contributed by atoms with E-state index in [1.165, 1.54) is 12.5 Å². The Labute approximate surface area is 182 Å². The minimum absolute atomic E-state index is 0.00344. The number of furan rings is 1. The number of hydrogen-bond acceptors (Lipinski definition) is 3. The van der Waals surface area contributed by atoms with E-state index in [0.717, 1.165) is 46.9 Å². The molecule has 0 saturated heterocycles. The fraction of sp³-hybridized carbons (Fsp3) is 0.321. The number of phenols is 1. The number of aryl methyl sites for hydroxylation is 1. The number of carbonyl (C=O) groups excluding carboxylic acids is 1. The van der Waals surface area contributed by atoms with Crippen LogP contribution in [-0.4, -0.2) is 10.9 Å². The molecular weight excluding hydrogens is 384 g/mol. The van der Waals surface area contributed by atoms with Crippen molar-refractivity contribution in [3.8, 4) is 5.75 Å². The fourth-order valence-corrected chi connectivity index (χ4v) is 5.44. The zero-order valence-corrected chi connectivity index (χ0v) is 18.6. The van der Waals surface area contributed by atoms with Crippen LogP contribution in [0.1, 0.15) is 61.4 Å². The van der Waals surface area contributed by atoms with Crippen LogP contribution < -0.4 is 0 Å². The lowest BCUT2D eigenvalue weighted by molar-refractivity contribution is 0.101. The van der Waals surface area contributed by atoms with E-state index in [9.17, 15) is 9.90 Å². The third-order valence-electron chi connectivity index (χ3n) is 7.84. The van der Waals surface area contributed by atoms with Gasteiger partial charge in [-0.1, -0.05) is 75.4 Å². The summed E-state index contributed by atoms with van der Waals surface area (Å²) in [5.74, 6) is 0.887. The average Bonchev–Trinajstić information content (AvgIpc) is 3.12. The van der Waals surface area contributed by atoms with Gasteiger partial charge < -0.3 is 9.52 Å². The Balaban J connectivity index is 1.73. The third kappa shape index (κ3) is 2.76. The van der Waals surface area contributed by atoms with Crippen LogP contribution in [0.25, 0.3) is 21.7 Å². The topological polar surface area (TPSA) is 50.4 Å². The first-order chi connectivity index (χ1) is 14.7. The molecule has 4 aromatic rings. The SMILES string of the molecule is CC(=O)c1c(O)c2ccccc2c2oc3c(c12)CCC(C)(C(C)(C)c1ccccc1)C3. The second-order valence-corrected chi connectivity index (χ2v) is 9.76. The summed E-state index contributed by atoms with van der Waals surface area (Å²) in [6.45, 7) is 8.50. The highest BCUT2D eigenvalue weighted by Gasteiger charge is 2.46. The normalized spacial score (nSPS) is 19.0. The molecule has 5 rings (SSSR count). The summed E-state index contributed by atoms with van der Waals surface area (Å²) < 4.78 is 6.51. The summed E-state index contributed by atoms with van der Waals surface area (Å²) in [6.07, 6.45) is 2.61. The molecule has 3 nitrogen and oxygen atoms in total. The summed E-state index contributed by atoms with van der Waals surface area (Å²) in [5.41, 5.74) is 3.49. The Kier molecular flexibility index (Phi) is 4.30. The maximum Gasteiger partial charge on any atom is 0.164 e. The maximum atomic E-state index is 12.6. The van der Waals surface area contributed by atoms with E-state index in [1.54, 1.807) is 0 Å². The Morgan fingerprint density at radius 2 is 1.68 bits per heavy atom. The Bertz CT molecular complexity index is 1330. The highest BCUT2D eigenvalue weighted by atomic mass is 16.3. The number of fused-ring (bicyclic) bond motifs is 5. The molecule has 1 atom stereocenters. The largest absolute Gasteiger partial charge is 0.507 e. The van der Waals surface area contributed by atoms with Crippen LogP contribution in [0.3, 0.4) is 0 Å². The molecule has 0 fully saturated rings. The molecule has 0 amide bonds. The lowest BCUT2D eigenvalue weighted by Gasteiger charge is -2.47. The Hall–Kier alpha value is -3.07. The van der Waals surface area contributed by atoms with Crippen molar-refractivity contribution < 1.29 is 14.3 Å². The molecule has 3 heteroatoms. The van der Waals surface area contributed by atoms with Crippen molar-refractivity contribution >= 4 is 27.5 Å². The molecule has 0 radical (unpaired) electrons. The van der Waals surface area contributed by atoms with Crippen LogP contribution >= 0.6 is 0 Å². The number of Topliss-reactive ketones (excluding diaryl/α,β-unsaturated/α-hetero) is 1. The van der Waals surface area contributed by atoms with Gasteiger partial charge in [0.05, 0.1) is 5.56 Å². The predicted molar refractivity (Wildman–Crippen MR) is 125 cm³/mol. The molecule has 1 heterocycles. The third-order valence-corrected chi connectivity index (χ3v) is 7.84. The van der Waals surface area contributed by atoms with Crippen molar-refractivity contribution in [1.82, 2.24) is 0 Å². The van der Waals surface area contributed by atoms with Crippen molar-refractivity contribution in [2.24, 2.45) is 5.41 Å². The van der Waals surface area contributed by atoms with E-state index in [1.807, 2.05) is 24.3 Å². The van der Waals surface area contributed by atoms with Crippen LogP contribution in [0, 0.1) is 5.41 Å². The number of benzene rings is 3. The minimum Gasteiger partial charge on any atom is -0.507 e. The molecular formula is C28H28O3. The van der Waals surface area contributed by atoms with Crippen molar-refractivity contribution in [1.29, 1.82) is 0 Å². The second-order valence-electron chi connectivity index (χ2n) is 9.76. The van der Waals surface area contributed by atoms with E-state index < -0.39 is 0 Å². The van der Waals surface area contributed by atoms with Gasteiger partial charge in [-0.2, -0.15) is 0 Å². The highest BCUT2D eigenvalue weighted by molar-refractivity contribution is 6.20. The number of hydrogen-bond donors (Lipinski definition) is 1. The van der Waals surface area contributed by atoms with Gasteiger partial charge in [0.25, 0.3) is 0 Å². The number of carbonyl (C=O) groups is 1. The molecule has 1 aromatic heterocycles. The van der Waals surface area contributed by atoms with E-state index in [4.69, 9.17) is 4.42 Å². The molecule has 1 N–H and O–H groups in total. The Morgan fingerprint density at radius 1 is 1.03 bits per heavy atom. The lowest BCUT2D eigenvalue weighted by atomic mass is 9.57. The quantitative estimate of drug-likeness (QED) is 0.370. The molecule has 1 aliphatic carbocycles. The monoisotopic (exact) mass is 412 g/mol. The van der Waals surface area contributed by atoms with E-state index in [0.29, 0.717) is 10.9 Å². The summed E-state index contributed by atoms with van der Waals surface area (Å²) in [7, 11) is 0. The smallest absolute Gasteiger partial charge is 0.164 e. The van der Waals surface area contributed by atoms with Gasteiger partial charge in [-0.15, -0.1) is 0 Å². The molecule has 0 bridgehead atoms. The van der Waals surface area contributed by atoms with Crippen molar-refractivity contribution in [2.45, 2.75) is 52.4 Å². The Morgan fingerprint density at radius 3 is 2.35 bits per heavy atom. The summed E-state index contributed by atoms with van der Waals surface area (Å²) >= 11 is 0. The highest BCUT2D eigenvalue weighted by Crippen LogP contribution is 2.52. The molecule has 1 aliphatic rings. The van der Waals surface area contributed by atoms with Crippen molar-refractivity contribution in [2.75, 3.05) is 0 Å². The van der Waals surface area contributed by atoms with Crippen molar-refractivity contribution in [3.05, 3.63) is 77.0 Å². The van der Waals surface area contributed by atoms with Crippen LogP contribution in [0.5, 0.6) is 5.75 Å². The maximum absolute atomic E-state index is 12.6. The van der Waals surface area contributed by atoms with Gasteiger partial charge in [-0.05, 0) is 36.2 Å².